The van der Waals surface area contributed by atoms with Crippen molar-refractivity contribution in [2.24, 2.45) is 5.92 Å². The van der Waals surface area contributed by atoms with Crippen LogP contribution in [0.3, 0.4) is 0 Å². The number of hydrogen-bond acceptors (Lipinski definition) is 7. The average Bonchev–Trinajstić information content (AvgIpc) is 3.18. The molecule has 5 rings (SSSR count). The zero-order valence-corrected chi connectivity index (χ0v) is 22.1. The number of ether oxygens (including phenoxy) is 1. The van der Waals surface area contributed by atoms with Crippen molar-refractivity contribution in [2.75, 3.05) is 38.2 Å². The summed E-state index contributed by atoms with van der Waals surface area (Å²) in [4.78, 5) is 25.8. The molecule has 2 atom stereocenters. The van der Waals surface area contributed by atoms with Crippen molar-refractivity contribution in [2.45, 2.75) is 37.8 Å². The van der Waals surface area contributed by atoms with E-state index in [2.05, 4.69) is 25.1 Å². The number of aromatic nitrogens is 2. The lowest BCUT2D eigenvalue weighted by atomic mass is 9.90. The maximum atomic E-state index is 12.9. The molecule has 0 radical (unpaired) electrons. The first kappa shape index (κ1) is 25.7. The normalized spacial score (nSPS) is 20.7. The van der Waals surface area contributed by atoms with Crippen LogP contribution in [0.5, 0.6) is 11.5 Å². The monoisotopic (exact) mass is 512 g/mol. The van der Waals surface area contributed by atoms with E-state index in [9.17, 15) is 4.79 Å². The van der Waals surface area contributed by atoms with Crippen LogP contribution in [0.4, 0.5) is 11.6 Å². The van der Waals surface area contributed by atoms with Gasteiger partial charge in [0.2, 0.25) is 5.91 Å². The van der Waals surface area contributed by atoms with Crippen LogP contribution in [0.1, 0.15) is 25.7 Å². The Morgan fingerprint density at radius 2 is 1.74 bits per heavy atom. The van der Waals surface area contributed by atoms with Gasteiger partial charge in [0.25, 0.3) is 0 Å². The van der Waals surface area contributed by atoms with E-state index in [0.717, 1.165) is 67.2 Å². The number of nitrogens with one attached hydrogen (secondary N) is 1. The van der Waals surface area contributed by atoms with Gasteiger partial charge in [-0.25, -0.2) is 9.97 Å². The standard InChI is InChI=1S/C30H36N6O2/c1-35(2)16-6-9-27(37)36-23-12-13-24(36)18-21(17-23)19-32-30-28(29(31)33-20-34-30)22-10-14-26(15-11-22)38-25-7-4-3-5-8-25/h3-11,14-15,20-21,23-24H,12-13,16-19H2,1-2H3,(H3,31,32,33,34). The molecule has 1 amide bonds. The van der Waals surface area contributed by atoms with Crippen molar-refractivity contribution in [3.05, 3.63) is 73.1 Å². The second-order valence-corrected chi connectivity index (χ2v) is 10.4. The van der Waals surface area contributed by atoms with Gasteiger partial charge in [0.15, 0.2) is 0 Å². The lowest BCUT2D eigenvalue weighted by Crippen LogP contribution is -2.47. The number of piperidine rings is 1. The number of anilines is 2. The van der Waals surface area contributed by atoms with Crippen molar-refractivity contribution in [3.8, 4) is 22.6 Å². The van der Waals surface area contributed by atoms with Gasteiger partial charge in [0, 0.05) is 31.2 Å². The number of carbonyl (C=O) groups excluding carboxylic acids is 1. The summed E-state index contributed by atoms with van der Waals surface area (Å²) in [6, 6.07) is 18.1. The Morgan fingerprint density at radius 1 is 1.05 bits per heavy atom. The van der Waals surface area contributed by atoms with Crippen LogP contribution in [0.2, 0.25) is 0 Å². The van der Waals surface area contributed by atoms with Crippen LogP contribution in [0.25, 0.3) is 11.1 Å². The Kier molecular flexibility index (Phi) is 7.89. The number of hydrogen-bond donors (Lipinski definition) is 2. The molecule has 8 heteroatoms. The smallest absolute Gasteiger partial charge is 0.246 e. The number of para-hydroxylation sites is 1. The van der Waals surface area contributed by atoms with Crippen molar-refractivity contribution < 1.29 is 9.53 Å². The fourth-order valence-corrected chi connectivity index (χ4v) is 5.64. The van der Waals surface area contributed by atoms with E-state index >= 15 is 0 Å². The summed E-state index contributed by atoms with van der Waals surface area (Å²) >= 11 is 0. The van der Waals surface area contributed by atoms with E-state index in [1.165, 1.54) is 6.33 Å². The summed E-state index contributed by atoms with van der Waals surface area (Å²) in [5.74, 6) is 3.31. The van der Waals surface area contributed by atoms with Crippen molar-refractivity contribution in [1.82, 2.24) is 19.8 Å². The molecule has 2 fully saturated rings. The number of nitrogens with two attached hydrogens (primary N) is 1. The van der Waals surface area contributed by atoms with Gasteiger partial charge in [0.05, 0.1) is 5.56 Å². The Morgan fingerprint density at radius 3 is 2.42 bits per heavy atom. The minimum atomic E-state index is 0.149. The third kappa shape index (κ3) is 5.97. The second kappa shape index (κ2) is 11.6. The molecule has 2 aliphatic rings. The maximum absolute atomic E-state index is 12.9. The number of amides is 1. The van der Waals surface area contributed by atoms with Crippen LogP contribution in [-0.4, -0.2) is 64.9 Å². The molecule has 3 aromatic rings. The van der Waals surface area contributed by atoms with Gasteiger partial charge in [-0.2, -0.15) is 0 Å². The molecule has 2 bridgehead atoms. The van der Waals surface area contributed by atoms with Gasteiger partial charge in [-0.3, -0.25) is 4.79 Å². The molecule has 38 heavy (non-hydrogen) atoms. The summed E-state index contributed by atoms with van der Waals surface area (Å²) in [7, 11) is 4.01. The van der Waals surface area contributed by atoms with Crippen LogP contribution >= 0.6 is 0 Å². The van der Waals surface area contributed by atoms with E-state index in [0.29, 0.717) is 23.8 Å². The molecule has 2 aliphatic heterocycles. The Hall–Kier alpha value is -3.91. The molecule has 2 saturated heterocycles. The molecule has 3 N–H and O–H groups in total. The van der Waals surface area contributed by atoms with Gasteiger partial charge in [-0.05, 0) is 75.5 Å². The largest absolute Gasteiger partial charge is 0.457 e. The van der Waals surface area contributed by atoms with Gasteiger partial charge in [-0.15, -0.1) is 0 Å². The fraction of sp³-hybridized carbons (Fsp3) is 0.367. The number of fused-ring (bicyclic) bond motifs is 2. The third-order valence-corrected chi connectivity index (χ3v) is 7.37. The second-order valence-electron chi connectivity index (χ2n) is 10.4. The predicted octanol–water partition coefficient (Wildman–Crippen LogP) is 4.82. The fourth-order valence-electron chi connectivity index (χ4n) is 5.64. The van der Waals surface area contributed by atoms with Gasteiger partial charge in [0.1, 0.15) is 29.5 Å². The van der Waals surface area contributed by atoms with E-state index in [4.69, 9.17) is 10.5 Å². The summed E-state index contributed by atoms with van der Waals surface area (Å²) in [5.41, 5.74) is 8.03. The maximum Gasteiger partial charge on any atom is 0.246 e. The zero-order chi connectivity index (χ0) is 26.5. The molecule has 198 valence electrons. The van der Waals surface area contributed by atoms with Crippen molar-refractivity contribution >= 4 is 17.5 Å². The predicted molar refractivity (Wildman–Crippen MR) is 151 cm³/mol. The highest BCUT2D eigenvalue weighted by Crippen LogP contribution is 2.39. The molecule has 0 spiro atoms. The highest BCUT2D eigenvalue weighted by Gasteiger charge is 2.42. The van der Waals surface area contributed by atoms with Crippen molar-refractivity contribution in [1.29, 1.82) is 0 Å². The first-order valence-corrected chi connectivity index (χ1v) is 13.3. The minimum Gasteiger partial charge on any atom is -0.457 e. The highest BCUT2D eigenvalue weighted by molar-refractivity contribution is 5.88. The molecular formula is C30H36N6O2. The summed E-state index contributed by atoms with van der Waals surface area (Å²) in [5, 5.41) is 3.55. The summed E-state index contributed by atoms with van der Waals surface area (Å²) in [6.07, 6.45) is 9.36. The SMILES string of the molecule is CN(C)CC=CC(=O)N1C2CCC1CC(CNc1ncnc(N)c1-c1ccc(Oc3ccccc3)cc1)C2. The molecule has 0 aliphatic carbocycles. The lowest BCUT2D eigenvalue weighted by Gasteiger charge is -2.38. The molecule has 8 nitrogen and oxygen atoms in total. The van der Waals surface area contributed by atoms with Crippen LogP contribution < -0.4 is 15.8 Å². The first-order chi connectivity index (χ1) is 18.5. The van der Waals surface area contributed by atoms with Crippen LogP contribution in [-0.2, 0) is 4.79 Å². The highest BCUT2D eigenvalue weighted by atomic mass is 16.5. The molecule has 1 aromatic heterocycles. The molecule has 3 heterocycles. The number of benzene rings is 2. The molecular weight excluding hydrogens is 476 g/mol. The number of likely N-dealkylation sites (N-methyl/N-ethyl adjacent to an activating group) is 1. The molecule has 2 aromatic carbocycles. The van der Waals surface area contributed by atoms with Gasteiger partial charge in [-0.1, -0.05) is 36.4 Å². The Bertz CT molecular complexity index is 1250. The lowest BCUT2D eigenvalue weighted by molar-refractivity contribution is -0.130. The minimum absolute atomic E-state index is 0.149. The van der Waals surface area contributed by atoms with Crippen LogP contribution in [0.15, 0.2) is 73.1 Å². The van der Waals surface area contributed by atoms with Crippen molar-refractivity contribution in [3.63, 3.8) is 0 Å². The number of rotatable bonds is 9. The summed E-state index contributed by atoms with van der Waals surface area (Å²) < 4.78 is 5.93. The van der Waals surface area contributed by atoms with E-state index in [1.807, 2.05) is 74.8 Å². The molecule has 0 saturated carbocycles. The van der Waals surface area contributed by atoms with E-state index in [1.54, 1.807) is 6.08 Å². The van der Waals surface area contributed by atoms with E-state index < -0.39 is 0 Å². The third-order valence-electron chi connectivity index (χ3n) is 7.37. The Labute approximate surface area is 224 Å². The van der Waals surface area contributed by atoms with Crippen LogP contribution in [0, 0.1) is 5.92 Å². The van der Waals surface area contributed by atoms with Gasteiger partial charge >= 0.3 is 0 Å². The topological polar surface area (TPSA) is 96.6 Å². The Balaban J connectivity index is 1.23. The number of carbonyl (C=O) groups is 1. The summed E-state index contributed by atoms with van der Waals surface area (Å²) in [6.45, 7) is 1.55. The number of nitrogens with zero attached hydrogens (tertiary/aromatic N) is 4. The van der Waals surface area contributed by atoms with E-state index in [-0.39, 0.29) is 5.91 Å². The average molecular weight is 513 g/mol. The first-order valence-electron chi connectivity index (χ1n) is 13.3. The number of nitrogen functional groups attached to an aromatic ring is 1. The molecule has 2 unspecified atom stereocenters. The quantitative estimate of drug-likeness (QED) is 0.397. The zero-order valence-electron chi connectivity index (χ0n) is 22.1. The van der Waals surface area contributed by atoms with Gasteiger partial charge < -0.3 is 25.6 Å².